The molecule has 0 bridgehead atoms. The molecule has 1 nitrogen and oxygen atoms in total. The van der Waals surface area contributed by atoms with Crippen LogP contribution in [0, 0.1) is 15.3 Å². The van der Waals surface area contributed by atoms with Crippen LogP contribution in [-0.2, 0) is 0 Å². The van der Waals surface area contributed by atoms with Crippen molar-refractivity contribution in [1.29, 1.82) is 0 Å². The van der Waals surface area contributed by atoms with Gasteiger partial charge in [-0.15, -0.1) is 0 Å². The fourth-order valence-electron chi connectivity index (χ4n) is 2.67. The Morgan fingerprint density at radius 3 is 2.71 bits per heavy atom. The van der Waals surface area contributed by atoms with Gasteiger partial charge in [-0.25, -0.2) is 4.39 Å². The zero-order chi connectivity index (χ0) is 12.3. The van der Waals surface area contributed by atoms with E-state index in [1.54, 1.807) is 6.07 Å². The SMILES string of the molecule is NC(CCC1CCCC1)c1ccc(F)cc1I. The topological polar surface area (TPSA) is 26.0 Å². The Morgan fingerprint density at radius 1 is 1.35 bits per heavy atom. The standard InChI is InChI=1S/C14H19FIN/c15-11-6-7-12(13(16)9-11)14(17)8-5-10-3-1-2-4-10/h6-7,9-10,14H,1-5,8,17H2. The van der Waals surface area contributed by atoms with Crippen LogP contribution in [-0.4, -0.2) is 0 Å². The van der Waals surface area contributed by atoms with Gasteiger partial charge in [0.15, 0.2) is 0 Å². The summed E-state index contributed by atoms with van der Waals surface area (Å²) < 4.78 is 13.9. The molecule has 1 atom stereocenters. The van der Waals surface area contributed by atoms with Gasteiger partial charge in [0.25, 0.3) is 0 Å². The van der Waals surface area contributed by atoms with Crippen molar-refractivity contribution in [2.24, 2.45) is 11.7 Å². The maximum Gasteiger partial charge on any atom is 0.124 e. The van der Waals surface area contributed by atoms with Gasteiger partial charge in [-0.2, -0.15) is 0 Å². The number of halogens is 2. The second-order valence-electron chi connectivity index (χ2n) is 5.00. The average molecular weight is 347 g/mol. The number of benzene rings is 1. The highest BCUT2D eigenvalue weighted by atomic mass is 127. The quantitative estimate of drug-likeness (QED) is 0.803. The molecule has 0 spiro atoms. The lowest BCUT2D eigenvalue weighted by molar-refractivity contribution is 0.453. The third kappa shape index (κ3) is 3.65. The first-order valence-corrected chi connectivity index (χ1v) is 7.45. The second-order valence-corrected chi connectivity index (χ2v) is 6.16. The van der Waals surface area contributed by atoms with Crippen molar-refractivity contribution >= 4 is 22.6 Å². The molecule has 1 saturated carbocycles. The Balaban J connectivity index is 1.91. The fourth-order valence-corrected chi connectivity index (χ4v) is 3.55. The maximum atomic E-state index is 13.0. The summed E-state index contributed by atoms with van der Waals surface area (Å²) >= 11 is 2.17. The van der Waals surface area contributed by atoms with Crippen LogP contribution < -0.4 is 5.73 Å². The average Bonchev–Trinajstić information content (AvgIpc) is 2.78. The molecule has 17 heavy (non-hydrogen) atoms. The van der Waals surface area contributed by atoms with Gasteiger partial charge in [-0.05, 0) is 59.0 Å². The van der Waals surface area contributed by atoms with Gasteiger partial charge < -0.3 is 5.73 Å². The van der Waals surface area contributed by atoms with Gasteiger partial charge in [-0.1, -0.05) is 31.7 Å². The van der Waals surface area contributed by atoms with E-state index in [1.165, 1.54) is 38.2 Å². The molecule has 3 heteroatoms. The van der Waals surface area contributed by atoms with Crippen molar-refractivity contribution < 1.29 is 4.39 Å². The Hall–Kier alpha value is -0.160. The minimum atomic E-state index is -0.179. The molecule has 1 aromatic rings. The van der Waals surface area contributed by atoms with Crippen LogP contribution in [0.2, 0.25) is 0 Å². The Morgan fingerprint density at radius 2 is 2.06 bits per heavy atom. The first kappa shape index (κ1) is 13.3. The monoisotopic (exact) mass is 347 g/mol. The highest BCUT2D eigenvalue weighted by Gasteiger charge is 2.17. The normalized spacial score (nSPS) is 18.5. The molecular weight excluding hydrogens is 328 g/mol. The van der Waals surface area contributed by atoms with Crippen molar-refractivity contribution in [2.45, 2.75) is 44.6 Å². The molecule has 2 rings (SSSR count). The predicted octanol–water partition coefficient (Wildman–Crippen LogP) is 4.40. The van der Waals surface area contributed by atoms with E-state index in [0.717, 1.165) is 21.5 Å². The molecule has 1 aromatic carbocycles. The molecule has 1 fully saturated rings. The zero-order valence-corrected chi connectivity index (χ0v) is 12.1. The summed E-state index contributed by atoms with van der Waals surface area (Å²) in [5.74, 6) is 0.695. The van der Waals surface area contributed by atoms with Crippen molar-refractivity contribution in [3.8, 4) is 0 Å². The lowest BCUT2D eigenvalue weighted by Crippen LogP contribution is -2.13. The largest absolute Gasteiger partial charge is 0.324 e. The molecule has 0 amide bonds. The highest BCUT2D eigenvalue weighted by molar-refractivity contribution is 14.1. The minimum absolute atomic E-state index is 0.0584. The molecule has 2 N–H and O–H groups in total. The van der Waals surface area contributed by atoms with E-state index in [-0.39, 0.29) is 11.9 Å². The van der Waals surface area contributed by atoms with Gasteiger partial charge in [0.05, 0.1) is 0 Å². The van der Waals surface area contributed by atoms with E-state index in [4.69, 9.17) is 5.73 Å². The second kappa shape index (κ2) is 6.14. The van der Waals surface area contributed by atoms with E-state index in [1.807, 2.05) is 6.07 Å². The number of hydrogen-bond acceptors (Lipinski definition) is 1. The summed E-state index contributed by atoms with van der Waals surface area (Å²) in [5, 5.41) is 0. The van der Waals surface area contributed by atoms with E-state index in [0.29, 0.717) is 0 Å². The van der Waals surface area contributed by atoms with E-state index in [9.17, 15) is 4.39 Å². The van der Waals surface area contributed by atoms with Crippen LogP contribution in [0.1, 0.15) is 50.1 Å². The molecule has 1 unspecified atom stereocenters. The molecule has 0 saturated heterocycles. The van der Waals surface area contributed by atoms with Crippen LogP contribution >= 0.6 is 22.6 Å². The summed E-state index contributed by atoms with van der Waals surface area (Å²) in [5.41, 5.74) is 7.28. The van der Waals surface area contributed by atoms with Crippen molar-refractivity contribution in [3.05, 3.63) is 33.1 Å². The Kier molecular flexibility index (Phi) is 4.79. The van der Waals surface area contributed by atoms with Crippen LogP contribution in [0.4, 0.5) is 4.39 Å². The molecule has 0 heterocycles. The first-order chi connectivity index (χ1) is 8.16. The summed E-state index contributed by atoms with van der Waals surface area (Å²) in [6.07, 6.45) is 7.74. The van der Waals surface area contributed by atoms with Crippen LogP contribution in [0.25, 0.3) is 0 Å². The van der Waals surface area contributed by atoms with E-state index < -0.39 is 0 Å². The number of hydrogen-bond donors (Lipinski definition) is 1. The van der Waals surface area contributed by atoms with Crippen LogP contribution in [0.3, 0.4) is 0 Å². The maximum absolute atomic E-state index is 13.0. The predicted molar refractivity (Wildman–Crippen MR) is 77.2 cm³/mol. The van der Waals surface area contributed by atoms with Crippen LogP contribution in [0.15, 0.2) is 18.2 Å². The molecule has 1 aliphatic rings. The summed E-state index contributed by atoms with van der Waals surface area (Å²) in [6.45, 7) is 0. The van der Waals surface area contributed by atoms with Crippen molar-refractivity contribution in [1.82, 2.24) is 0 Å². The zero-order valence-electron chi connectivity index (χ0n) is 9.96. The molecule has 1 aliphatic carbocycles. The Labute approximate surface area is 116 Å². The highest BCUT2D eigenvalue weighted by Crippen LogP contribution is 2.31. The lowest BCUT2D eigenvalue weighted by Gasteiger charge is -2.16. The molecule has 94 valence electrons. The fraction of sp³-hybridized carbons (Fsp3) is 0.571. The van der Waals surface area contributed by atoms with E-state index in [2.05, 4.69) is 22.6 Å². The number of rotatable bonds is 4. The molecular formula is C14H19FIN. The molecule has 0 aliphatic heterocycles. The third-order valence-electron chi connectivity index (χ3n) is 3.72. The molecule has 0 aromatic heterocycles. The van der Waals surface area contributed by atoms with Gasteiger partial charge in [0.1, 0.15) is 5.82 Å². The van der Waals surface area contributed by atoms with Gasteiger partial charge in [0, 0.05) is 9.61 Å². The minimum Gasteiger partial charge on any atom is -0.324 e. The van der Waals surface area contributed by atoms with Gasteiger partial charge in [-0.3, -0.25) is 0 Å². The lowest BCUT2D eigenvalue weighted by atomic mass is 9.95. The van der Waals surface area contributed by atoms with E-state index >= 15 is 0 Å². The smallest absolute Gasteiger partial charge is 0.124 e. The summed E-state index contributed by atoms with van der Waals surface area (Å²) in [7, 11) is 0. The Bertz CT molecular complexity index is 374. The number of nitrogens with two attached hydrogens (primary N) is 1. The van der Waals surface area contributed by atoms with Crippen molar-refractivity contribution in [2.75, 3.05) is 0 Å². The van der Waals surface area contributed by atoms with Crippen molar-refractivity contribution in [3.63, 3.8) is 0 Å². The van der Waals surface area contributed by atoms with Gasteiger partial charge in [0.2, 0.25) is 0 Å². The summed E-state index contributed by atoms with van der Waals surface area (Å²) in [6, 6.07) is 4.96. The van der Waals surface area contributed by atoms with Crippen LogP contribution in [0.5, 0.6) is 0 Å². The summed E-state index contributed by atoms with van der Waals surface area (Å²) in [4.78, 5) is 0. The molecule has 0 radical (unpaired) electrons. The third-order valence-corrected chi connectivity index (χ3v) is 4.66. The first-order valence-electron chi connectivity index (χ1n) is 6.37. The van der Waals surface area contributed by atoms with Gasteiger partial charge >= 0.3 is 0 Å².